The Hall–Kier alpha value is -8.96. The maximum absolute atomic E-state index is 9.67. The molecule has 0 amide bonds. The SMILES string of the molecule is N#Cc1ccc(N(c2ccc(C#N)cc2)c2ccc3c(c2)C(c2ccccc2)(c2ccccc2)c2cc(/C=C/c4ccc5c6c4ccc4cccc(c46)n5-c4ccccc4)ccc2-3)cc1. The van der Waals surface area contributed by atoms with E-state index in [2.05, 4.69) is 204 Å². The van der Waals surface area contributed by atoms with Gasteiger partial charge in [0.15, 0.2) is 0 Å². The summed E-state index contributed by atoms with van der Waals surface area (Å²) in [5.41, 5.74) is 16.3. The Morgan fingerprint density at radius 3 is 1.65 bits per heavy atom. The van der Waals surface area contributed by atoms with Gasteiger partial charge in [0, 0.05) is 33.5 Å². The highest BCUT2D eigenvalue weighted by molar-refractivity contribution is 6.25. The van der Waals surface area contributed by atoms with Gasteiger partial charge in [-0.3, -0.25) is 0 Å². The van der Waals surface area contributed by atoms with Crippen LogP contribution in [0.5, 0.6) is 0 Å². The zero-order chi connectivity index (χ0) is 43.5. The standard InChI is InChI=1S/C61H38N4/c62-39-42-20-28-49(29-21-42)64(50-30-22-43(40-63)23-31-50)51-32-35-54-53-33-24-41(37-55(53)61(56(54)38-51,46-12-4-1-5-13-46)47-14-6-2-7-15-47)19-25-44-27-36-58-60-52(44)34-26-45-11-10-18-57(59(45)60)65(58)48-16-8-3-9-17-48/h1-38H/b25-19+. The molecule has 0 radical (unpaired) electrons. The van der Waals surface area contributed by atoms with Crippen LogP contribution in [-0.4, -0.2) is 4.57 Å². The molecule has 65 heavy (non-hydrogen) atoms. The molecule has 10 aromatic carbocycles. The molecular formula is C61H38N4. The molecule has 0 bridgehead atoms. The lowest BCUT2D eigenvalue weighted by Gasteiger charge is -2.35. The summed E-state index contributed by atoms with van der Waals surface area (Å²) in [6.07, 6.45) is 4.55. The normalized spacial score (nSPS) is 12.6. The van der Waals surface area contributed by atoms with E-state index in [0.717, 1.165) is 28.3 Å². The predicted molar refractivity (Wildman–Crippen MR) is 266 cm³/mol. The number of aromatic nitrogens is 1. The Balaban J connectivity index is 1.04. The van der Waals surface area contributed by atoms with Crippen molar-refractivity contribution >= 4 is 61.8 Å². The molecule has 1 aliphatic rings. The lowest BCUT2D eigenvalue weighted by atomic mass is 9.67. The van der Waals surface area contributed by atoms with E-state index in [9.17, 15) is 10.5 Å². The molecule has 0 fully saturated rings. The van der Waals surface area contributed by atoms with Crippen molar-refractivity contribution < 1.29 is 0 Å². The summed E-state index contributed by atoms with van der Waals surface area (Å²) in [7, 11) is 0. The Morgan fingerprint density at radius 2 is 1.02 bits per heavy atom. The Kier molecular flexibility index (Phi) is 8.80. The van der Waals surface area contributed by atoms with Crippen LogP contribution in [0.15, 0.2) is 218 Å². The number of rotatable bonds is 8. The van der Waals surface area contributed by atoms with E-state index in [-0.39, 0.29) is 0 Å². The fraction of sp³-hybridized carbons (Fsp3) is 0.0164. The average Bonchev–Trinajstić information content (AvgIpc) is 3.87. The van der Waals surface area contributed by atoms with E-state index >= 15 is 0 Å². The largest absolute Gasteiger partial charge is 0.310 e. The molecule has 12 rings (SSSR count). The van der Waals surface area contributed by atoms with E-state index in [4.69, 9.17) is 0 Å². The zero-order valence-corrected chi connectivity index (χ0v) is 35.2. The van der Waals surface area contributed by atoms with Gasteiger partial charge in [-0.05, 0) is 146 Å². The average molecular weight is 827 g/mol. The molecule has 1 aliphatic carbocycles. The van der Waals surface area contributed by atoms with Crippen molar-refractivity contribution in [2.24, 2.45) is 0 Å². The van der Waals surface area contributed by atoms with Gasteiger partial charge in [0.1, 0.15) is 0 Å². The molecule has 0 atom stereocenters. The van der Waals surface area contributed by atoms with Crippen molar-refractivity contribution in [2.45, 2.75) is 5.41 Å². The van der Waals surface area contributed by atoms with Crippen LogP contribution in [0.3, 0.4) is 0 Å². The first-order valence-electron chi connectivity index (χ1n) is 21.9. The Labute approximate surface area is 377 Å². The van der Waals surface area contributed by atoms with E-state index in [1.165, 1.54) is 71.5 Å². The van der Waals surface area contributed by atoms with Crippen molar-refractivity contribution in [1.82, 2.24) is 4.57 Å². The highest BCUT2D eigenvalue weighted by atomic mass is 15.1. The third kappa shape index (κ3) is 5.90. The van der Waals surface area contributed by atoms with Crippen LogP contribution in [0.1, 0.15) is 44.5 Å². The maximum atomic E-state index is 9.67. The van der Waals surface area contributed by atoms with Crippen molar-refractivity contribution in [3.05, 3.63) is 263 Å². The highest BCUT2D eigenvalue weighted by Gasteiger charge is 2.46. The van der Waals surface area contributed by atoms with Crippen molar-refractivity contribution in [2.75, 3.05) is 4.90 Å². The van der Waals surface area contributed by atoms with Crippen LogP contribution in [0.4, 0.5) is 17.1 Å². The summed E-state index contributed by atoms with van der Waals surface area (Å²) in [6, 6.07) is 81.7. The third-order valence-corrected chi connectivity index (χ3v) is 13.3. The van der Waals surface area contributed by atoms with Crippen LogP contribution in [0, 0.1) is 22.7 Å². The molecule has 1 aromatic heterocycles. The quantitative estimate of drug-likeness (QED) is 0.113. The molecule has 0 N–H and O–H groups in total. The van der Waals surface area contributed by atoms with E-state index in [1.807, 2.05) is 48.5 Å². The number of anilines is 3. The topological polar surface area (TPSA) is 55.8 Å². The Morgan fingerprint density at radius 1 is 0.446 bits per heavy atom. The number of nitriles is 2. The molecule has 11 aromatic rings. The maximum Gasteiger partial charge on any atom is 0.0991 e. The van der Waals surface area contributed by atoms with Crippen LogP contribution >= 0.6 is 0 Å². The summed E-state index contributed by atoms with van der Waals surface area (Å²) in [5, 5.41) is 24.4. The minimum absolute atomic E-state index is 0.594. The fourth-order valence-corrected chi connectivity index (χ4v) is 10.5. The monoisotopic (exact) mass is 826 g/mol. The number of para-hydroxylation sites is 1. The van der Waals surface area contributed by atoms with Crippen LogP contribution in [-0.2, 0) is 5.41 Å². The van der Waals surface area contributed by atoms with E-state index in [1.54, 1.807) is 0 Å². The lowest BCUT2D eigenvalue weighted by Crippen LogP contribution is -2.28. The second kappa shape index (κ2) is 15.1. The van der Waals surface area contributed by atoms with Crippen molar-refractivity contribution in [1.29, 1.82) is 10.5 Å². The number of hydrogen-bond donors (Lipinski definition) is 0. The van der Waals surface area contributed by atoms with Crippen molar-refractivity contribution in [3.8, 4) is 29.0 Å². The van der Waals surface area contributed by atoms with Crippen LogP contribution < -0.4 is 4.90 Å². The molecule has 0 spiro atoms. The first-order valence-corrected chi connectivity index (χ1v) is 21.9. The lowest BCUT2D eigenvalue weighted by molar-refractivity contribution is 0.768. The van der Waals surface area contributed by atoms with Gasteiger partial charge in [0.2, 0.25) is 0 Å². The number of nitrogens with zero attached hydrogens (tertiary/aromatic N) is 4. The number of hydrogen-bond acceptors (Lipinski definition) is 3. The highest BCUT2D eigenvalue weighted by Crippen LogP contribution is 2.57. The molecule has 0 unspecified atom stereocenters. The minimum atomic E-state index is -0.655. The molecule has 0 saturated carbocycles. The molecule has 4 heteroatoms. The molecule has 1 heterocycles. The van der Waals surface area contributed by atoms with Crippen LogP contribution in [0.2, 0.25) is 0 Å². The molecule has 0 aliphatic heterocycles. The summed E-state index contributed by atoms with van der Waals surface area (Å²) >= 11 is 0. The van der Waals surface area contributed by atoms with Gasteiger partial charge >= 0.3 is 0 Å². The van der Waals surface area contributed by atoms with Gasteiger partial charge in [0.25, 0.3) is 0 Å². The molecule has 0 saturated heterocycles. The van der Waals surface area contributed by atoms with Gasteiger partial charge < -0.3 is 9.47 Å². The number of benzene rings is 10. The summed E-state index contributed by atoms with van der Waals surface area (Å²) < 4.78 is 2.39. The molecule has 4 nitrogen and oxygen atoms in total. The van der Waals surface area contributed by atoms with Gasteiger partial charge in [-0.2, -0.15) is 10.5 Å². The second-order valence-electron chi connectivity index (χ2n) is 16.7. The van der Waals surface area contributed by atoms with E-state index < -0.39 is 5.41 Å². The van der Waals surface area contributed by atoms with Gasteiger partial charge in [-0.1, -0.05) is 140 Å². The zero-order valence-electron chi connectivity index (χ0n) is 35.2. The van der Waals surface area contributed by atoms with Gasteiger partial charge in [-0.25, -0.2) is 0 Å². The third-order valence-electron chi connectivity index (χ3n) is 13.3. The Bertz CT molecular complexity index is 3610. The first-order chi connectivity index (χ1) is 32.1. The first kappa shape index (κ1) is 37.8. The van der Waals surface area contributed by atoms with Gasteiger partial charge in [-0.15, -0.1) is 0 Å². The summed E-state index contributed by atoms with van der Waals surface area (Å²) in [4.78, 5) is 2.21. The van der Waals surface area contributed by atoms with E-state index in [0.29, 0.717) is 11.1 Å². The summed E-state index contributed by atoms with van der Waals surface area (Å²) in [5.74, 6) is 0. The minimum Gasteiger partial charge on any atom is -0.310 e. The van der Waals surface area contributed by atoms with Crippen molar-refractivity contribution in [3.63, 3.8) is 0 Å². The van der Waals surface area contributed by atoms with Crippen LogP contribution in [0.25, 0.3) is 61.5 Å². The fourth-order valence-electron chi connectivity index (χ4n) is 10.5. The smallest absolute Gasteiger partial charge is 0.0991 e. The summed E-state index contributed by atoms with van der Waals surface area (Å²) in [6.45, 7) is 0. The molecular weight excluding hydrogens is 789 g/mol. The van der Waals surface area contributed by atoms with Gasteiger partial charge in [0.05, 0.1) is 39.7 Å². The second-order valence-corrected chi connectivity index (χ2v) is 16.7. The molecule has 302 valence electrons. The predicted octanol–water partition coefficient (Wildman–Crippen LogP) is 15.1. The number of fused-ring (bicyclic) bond motifs is 3.